The van der Waals surface area contributed by atoms with E-state index in [1.807, 2.05) is 60.7 Å². The van der Waals surface area contributed by atoms with Gasteiger partial charge in [0.25, 0.3) is 0 Å². The van der Waals surface area contributed by atoms with Crippen LogP contribution in [0, 0.1) is 6.92 Å². The lowest BCUT2D eigenvalue weighted by Crippen LogP contribution is -1.89. The normalized spacial score (nSPS) is 11.1. The summed E-state index contributed by atoms with van der Waals surface area (Å²) in [5, 5.41) is 29.9. The number of aryl methyl sites for hydroxylation is 1. The lowest BCUT2D eigenvalue weighted by Gasteiger charge is -2.15. The van der Waals surface area contributed by atoms with Crippen molar-refractivity contribution >= 4 is 59.0 Å². The van der Waals surface area contributed by atoms with E-state index in [1.165, 1.54) is 38.2 Å². The van der Waals surface area contributed by atoms with Crippen LogP contribution in [0.1, 0.15) is 5.56 Å². The maximum absolute atomic E-state index is 10.4. The Bertz CT molecular complexity index is 2000. The van der Waals surface area contributed by atoms with Crippen molar-refractivity contribution in [1.29, 1.82) is 0 Å². The van der Waals surface area contributed by atoms with E-state index >= 15 is 0 Å². The Balaban J connectivity index is 0.000000142. The van der Waals surface area contributed by atoms with Gasteiger partial charge in [-0.1, -0.05) is 143 Å². The third-order valence-electron chi connectivity index (χ3n) is 8.33. The molecule has 0 saturated carbocycles. The zero-order valence-electron chi connectivity index (χ0n) is 24.1. The van der Waals surface area contributed by atoms with Crippen molar-refractivity contribution in [3.63, 3.8) is 0 Å². The van der Waals surface area contributed by atoms with Crippen LogP contribution in [0.2, 0.25) is 0 Å². The van der Waals surface area contributed by atoms with Gasteiger partial charge in [0.15, 0.2) is 0 Å². The van der Waals surface area contributed by atoms with Crippen LogP contribution in [0.3, 0.4) is 0 Å². The van der Waals surface area contributed by atoms with Crippen molar-refractivity contribution in [3.05, 3.63) is 156 Å². The van der Waals surface area contributed by atoms with Crippen molar-refractivity contribution in [2.75, 3.05) is 0 Å². The van der Waals surface area contributed by atoms with Gasteiger partial charge in [-0.2, -0.15) is 0 Å². The molecule has 0 unspecified atom stereocenters. The van der Waals surface area contributed by atoms with E-state index in [1.54, 1.807) is 12.1 Å². The molecule has 44 heavy (non-hydrogen) atoms. The Morgan fingerprint density at radius 3 is 1.16 bits per heavy atom. The number of phenolic OH excluding ortho intramolecular Hbond substituents is 2. The minimum Gasteiger partial charge on any atom is -0.507 e. The van der Waals surface area contributed by atoms with Crippen LogP contribution in [0.4, 0.5) is 0 Å². The van der Waals surface area contributed by atoms with Crippen LogP contribution in [0.5, 0.6) is 11.5 Å². The first kappa shape index (κ1) is 27.7. The van der Waals surface area contributed by atoms with Crippen molar-refractivity contribution in [2.45, 2.75) is 6.92 Å². The van der Waals surface area contributed by atoms with Gasteiger partial charge in [-0.05, 0) is 79.3 Å². The molecule has 2 nitrogen and oxygen atoms in total. The number of hydrogen-bond acceptors (Lipinski definition) is 2. The molecule has 0 bridgehead atoms. The summed E-state index contributed by atoms with van der Waals surface area (Å²) >= 11 is 3.77. The second-order valence-electron chi connectivity index (χ2n) is 11.0. The van der Waals surface area contributed by atoms with Crippen LogP contribution in [0.15, 0.2) is 150 Å². The molecule has 0 fully saturated rings. The second-order valence-corrected chi connectivity index (χ2v) is 11.8. The fraction of sp³-hybridized carbons (Fsp3) is 0.0244. The van der Waals surface area contributed by atoms with Crippen LogP contribution < -0.4 is 0 Å². The summed E-state index contributed by atoms with van der Waals surface area (Å²) in [7, 11) is 0. The molecule has 0 aromatic heterocycles. The van der Waals surface area contributed by atoms with Gasteiger partial charge in [0.05, 0.1) is 0 Å². The summed E-state index contributed by atoms with van der Waals surface area (Å²) in [5.41, 5.74) is 5.25. The van der Waals surface area contributed by atoms with Crippen LogP contribution in [-0.2, 0) is 0 Å². The van der Waals surface area contributed by atoms with Crippen LogP contribution in [0.25, 0.3) is 65.3 Å². The van der Waals surface area contributed by atoms with E-state index in [4.69, 9.17) is 0 Å². The monoisotopic (exact) mass is 632 g/mol. The number of benzene rings is 8. The summed E-state index contributed by atoms with van der Waals surface area (Å²) in [6.45, 7) is 2.19. The number of rotatable bonds is 2. The quantitative estimate of drug-likeness (QED) is 0.199. The predicted octanol–water partition coefficient (Wildman–Crippen LogP) is 11.8. The molecule has 8 aromatic rings. The zero-order valence-corrected chi connectivity index (χ0v) is 25.7. The highest BCUT2D eigenvalue weighted by atomic mass is 79.9. The fourth-order valence-corrected chi connectivity index (χ4v) is 6.80. The second kappa shape index (κ2) is 11.5. The minimum absolute atomic E-state index is 0.172. The highest BCUT2D eigenvalue weighted by Gasteiger charge is 2.16. The number of phenols is 2. The molecule has 8 aromatic carbocycles. The summed E-state index contributed by atoms with van der Waals surface area (Å²) in [6.07, 6.45) is 0. The van der Waals surface area contributed by atoms with Gasteiger partial charge in [-0.3, -0.25) is 0 Å². The Morgan fingerprint density at radius 2 is 0.705 bits per heavy atom. The summed E-state index contributed by atoms with van der Waals surface area (Å²) in [5.74, 6) is 0.343. The SMILES string of the molecule is Cc1ccc2ccccc2c1-c1c(Br)ccc2ccccc12.Oc1ccc2ccccc2c1-c1c(O)ccc2ccccc12. The van der Waals surface area contributed by atoms with E-state index < -0.39 is 0 Å². The maximum Gasteiger partial charge on any atom is 0.124 e. The van der Waals surface area contributed by atoms with E-state index in [9.17, 15) is 10.2 Å². The summed E-state index contributed by atoms with van der Waals surface area (Å²) < 4.78 is 1.14. The molecule has 0 radical (unpaired) electrons. The lowest BCUT2D eigenvalue weighted by molar-refractivity contribution is 0.470. The smallest absolute Gasteiger partial charge is 0.124 e. The van der Waals surface area contributed by atoms with Crippen molar-refractivity contribution in [3.8, 4) is 33.8 Å². The van der Waals surface area contributed by atoms with Gasteiger partial charge in [-0.15, -0.1) is 0 Å². The average molecular weight is 634 g/mol. The molecule has 0 amide bonds. The molecule has 0 atom stereocenters. The lowest BCUT2D eigenvalue weighted by atomic mass is 9.91. The molecule has 0 aliphatic carbocycles. The third kappa shape index (κ3) is 4.86. The van der Waals surface area contributed by atoms with E-state index in [-0.39, 0.29) is 11.5 Å². The van der Waals surface area contributed by atoms with Gasteiger partial charge in [0.2, 0.25) is 0 Å². The molecule has 3 heteroatoms. The Hall–Kier alpha value is -5.12. The molecule has 0 aliphatic rings. The van der Waals surface area contributed by atoms with Crippen LogP contribution in [-0.4, -0.2) is 10.2 Å². The highest BCUT2D eigenvalue weighted by Crippen LogP contribution is 2.44. The Labute approximate surface area is 264 Å². The largest absolute Gasteiger partial charge is 0.507 e. The highest BCUT2D eigenvalue weighted by molar-refractivity contribution is 9.10. The third-order valence-corrected chi connectivity index (χ3v) is 8.99. The first-order valence-corrected chi connectivity index (χ1v) is 15.4. The molecule has 8 rings (SSSR count). The molecule has 212 valence electrons. The minimum atomic E-state index is 0.172. The molecular weight excluding hydrogens is 604 g/mol. The number of hydrogen-bond donors (Lipinski definition) is 2. The van der Waals surface area contributed by atoms with Crippen molar-refractivity contribution in [1.82, 2.24) is 0 Å². The standard InChI is InChI=1S/C21H15Br.C20H14O2/c1-14-10-11-15-6-2-4-8-17(15)20(14)21-18-9-5-3-7-16(18)12-13-19(21)22;21-17-11-9-13-5-1-3-7-15(13)19(17)20-16-8-4-2-6-14(16)10-12-18(20)22/h2-13H,1H3;1-12,21-22H. The van der Waals surface area contributed by atoms with Gasteiger partial charge >= 0.3 is 0 Å². The first-order valence-electron chi connectivity index (χ1n) is 14.6. The Kier molecular flexibility index (Phi) is 7.25. The molecule has 0 heterocycles. The average Bonchev–Trinajstić information content (AvgIpc) is 3.06. The van der Waals surface area contributed by atoms with Crippen molar-refractivity contribution < 1.29 is 10.2 Å². The molecule has 0 aliphatic heterocycles. The van der Waals surface area contributed by atoms with Gasteiger partial charge in [0, 0.05) is 21.2 Å². The van der Waals surface area contributed by atoms with E-state index in [0.29, 0.717) is 11.1 Å². The predicted molar refractivity (Wildman–Crippen MR) is 190 cm³/mol. The zero-order chi connectivity index (χ0) is 30.2. The summed E-state index contributed by atoms with van der Waals surface area (Å²) in [6, 6.07) is 48.8. The molecule has 2 N–H and O–H groups in total. The van der Waals surface area contributed by atoms with Gasteiger partial charge in [0.1, 0.15) is 11.5 Å². The fourth-order valence-electron chi connectivity index (χ4n) is 6.26. The van der Waals surface area contributed by atoms with Gasteiger partial charge in [-0.25, -0.2) is 0 Å². The topological polar surface area (TPSA) is 40.5 Å². The number of halogens is 1. The Morgan fingerprint density at radius 1 is 0.364 bits per heavy atom. The number of fused-ring (bicyclic) bond motifs is 4. The van der Waals surface area contributed by atoms with Crippen LogP contribution >= 0.6 is 15.9 Å². The first-order chi connectivity index (χ1) is 21.5. The molecule has 0 saturated heterocycles. The van der Waals surface area contributed by atoms with E-state index in [2.05, 4.69) is 95.7 Å². The summed E-state index contributed by atoms with van der Waals surface area (Å²) in [4.78, 5) is 0. The van der Waals surface area contributed by atoms with E-state index in [0.717, 1.165) is 26.0 Å². The van der Waals surface area contributed by atoms with Gasteiger partial charge < -0.3 is 10.2 Å². The van der Waals surface area contributed by atoms with Crippen molar-refractivity contribution in [2.24, 2.45) is 0 Å². The molecular formula is C41H29BrO2. The molecule has 0 spiro atoms. The number of aromatic hydroxyl groups is 2. The maximum atomic E-state index is 10.4.